The van der Waals surface area contributed by atoms with Gasteiger partial charge in [-0.05, 0) is 47.2 Å². The Balaban J connectivity index is 1.23. The van der Waals surface area contributed by atoms with E-state index in [1.165, 1.54) is 46.3 Å². The predicted octanol–water partition coefficient (Wildman–Crippen LogP) is 8.64. The minimum atomic E-state index is 0.114. The smallest absolute Gasteiger partial charge is 0.0991 e. The molecule has 0 aliphatic heterocycles. The Morgan fingerprint density at radius 2 is 0.951 bits per heavy atom. The fraction of sp³-hybridized carbons (Fsp3) is 0.118. The maximum atomic E-state index is 6.47. The van der Waals surface area contributed by atoms with Gasteiger partial charge in [-0.15, -0.1) is 0 Å². The van der Waals surface area contributed by atoms with E-state index in [1.54, 1.807) is 0 Å². The highest BCUT2D eigenvalue weighted by Gasteiger charge is 2.21. The molecule has 0 saturated heterocycles. The predicted molar refractivity (Wildman–Crippen MR) is 169 cm³/mol. The van der Waals surface area contributed by atoms with Crippen molar-refractivity contribution in [1.29, 1.82) is 0 Å². The normalized spacial score (nSPS) is 12.7. The molecule has 0 bridgehead atoms. The second kappa shape index (κ2) is 13.5. The first-order chi connectivity index (χ1) is 20.3. The summed E-state index contributed by atoms with van der Waals surface area (Å²) in [6, 6.07) is 38.2. The first-order valence-electron chi connectivity index (χ1n) is 13.6. The number of hydrogen-bond donors (Lipinski definition) is 0. The average molecular weight is 575 g/mol. The third-order valence-electron chi connectivity index (χ3n) is 7.01. The van der Waals surface area contributed by atoms with Crippen LogP contribution in [0.4, 0.5) is 0 Å². The fourth-order valence-corrected chi connectivity index (χ4v) is 6.91. The van der Waals surface area contributed by atoms with Crippen LogP contribution < -0.4 is 0 Å². The van der Waals surface area contributed by atoms with Crippen LogP contribution in [0.15, 0.2) is 147 Å². The average Bonchev–Trinajstić information content (AvgIpc) is 3.77. The van der Waals surface area contributed by atoms with Crippen LogP contribution in [-0.4, -0.2) is 19.1 Å². The Kier molecular flexibility index (Phi) is 8.97. The topological polar surface area (TPSA) is 44.9 Å². The zero-order chi connectivity index (χ0) is 27.7. The molecule has 4 aromatic carbocycles. The zero-order valence-electron chi connectivity index (χ0n) is 22.4. The molecule has 2 atom stereocenters. The van der Waals surface area contributed by atoms with E-state index in [2.05, 4.69) is 128 Å². The van der Waals surface area contributed by atoms with E-state index in [9.17, 15) is 0 Å². The second-order valence-corrected chi connectivity index (χ2v) is 11.7. The van der Waals surface area contributed by atoms with E-state index in [0.717, 1.165) is 24.2 Å². The summed E-state index contributed by atoms with van der Waals surface area (Å²) in [5, 5.41) is 0.228. The fourth-order valence-electron chi connectivity index (χ4n) is 4.94. The molecule has 0 aliphatic rings. The van der Waals surface area contributed by atoms with Gasteiger partial charge in [0.2, 0.25) is 0 Å². The van der Waals surface area contributed by atoms with E-state index in [1.807, 2.05) is 37.4 Å². The minimum absolute atomic E-state index is 0.114. The lowest BCUT2D eigenvalue weighted by atomic mass is 10.0. The van der Waals surface area contributed by atoms with Crippen LogP contribution in [0, 0.1) is 0 Å². The zero-order valence-corrected chi connectivity index (χ0v) is 24.1. The number of para-hydroxylation sites is 2. The first kappa shape index (κ1) is 27.1. The summed E-state index contributed by atoms with van der Waals surface area (Å²) >= 11 is 3.07. The van der Waals surface area contributed by atoms with Gasteiger partial charge in [-0.1, -0.05) is 97.1 Å². The van der Waals surface area contributed by atoms with Gasteiger partial charge in [0.1, 0.15) is 0 Å². The van der Waals surface area contributed by atoms with Crippen molar-refractivity contribution < 1.29 is 3.63 Å². The number of hydrogen-bond acceptors (Lipinski definition) is 5. The van der Waals surface area contributed by atoms with Gasteiger partial charge in [-0.25, -0.2) is 13.6 Å². The van der Waals surface area contributed by atoms with Crippen molar-refractivity contribution in [2.24, 2.45) is 0 Å². The number of imidazole rings is 2. The number of nitrogens with zero attached hydrogens (tertiary/aromatic N) is 4. The lowest BCUT2D eigenvalue weighted by Crippen LogP contribution is -2.05. The van der Waals surface area contributed by atoms with Crippen molar-refractivity contribution in [3.8, 4) is 11.4 Å². The lowest BCUT2D eigenvalue weighted by molar-refractivity contribution is 0.712. The highest BCUT2D eigenvalue weighted by Crippen LogP contribution is 2.42. The van der Waals surface area contributed by atoms with Crippen LogP contribution in [0.2, 0.25) is 0 Å². The van der Waals surface area contributed by atoms with E-state index < -0.39 is 0 Å². The SMILES string of the molecule is c1ccc(C(Cc2ccccc2-n2ccnc2)SOSC(Cc2ccccc2-n2ccnc2)c2ccccc2)cc1. The van der Waals surface area contributed by atoms with Gasteiger partial charge in [-0.2, -0.15) is 0 Å². The lowest BCUT2D eigenvalue weighted by Gasteiger charge is -2.21. The van der Waals surface area contributed by atoms with E-state index in [-0.39, 0.29) is 10.5 Å². The van der Waals surface area contributed by atoms with Crippen LogP contribution in [-0.2, 0) is 16.5 Å². The van der Waals surface area contributed by atoms with Gasteiger partial charge in [0.15, 0.2) is 0 Å². The largest absolute Gasteiger partial charge is 0.306 e. The molecular weight excluding hydrogens is 545 g/mol. The number of benzene rings is 4. The van der Waals surface area contributed by atoms with E-state index >= 15 is 0 Å². The summed E-state index contributed by atoms with van der Waals surface area (Å²) < 4.78 is 10.6. The summed E-state index contributed by atoms with van der Waals surface area (Å²) in [6.07, 6.45) is 12.9. The van der Waals surface area contributed by atoms with Crippen molar-refractivity contribution in [2.75, 3.05) is 0 Å². The van der Waals surface area contributed by atoms with Gasteiger partial charge in [-0.3, -0.25) is 0 Å². The summed E-state index contributed by atoms with van der Waals surface area (Å²) in [4.78, 5) is 8.51. The quantitative estimate of drug-likeness (QED) is 0.137. The third-order valence-corrected chi connectivity index (χ3v) is 8.98. The molecule has 7 heteroatoms. The van der Waals surface area contributed by atoms with Crippen LogP contribution >= 0.6 is 24.1 Å². The molecule has 0 spiro atoms. The van der Waals surface area contributed by atoms with Crippen molar-refractivity contribution in [2.45, 2.75) is 23.3 Å². The molecule has 2 unspecified atom stereocenters. The van der Waals surface area contributed by atoms with Crippen LogP contribution in [0.3, 0.4) is 0 Å². The molecule has 6 aromatic rings. The molecule has 2 heterocycles. The summed E-state index contributed by atoms with van der Waals surface area (Å²) in [7, 11) is 0. The van der Waals surface area contributed by atoms with Crippen LogP contribution in [0.25, 0.3) is 11.4 Å². The molecular formula is C34H30N4OS2. The monoisotopic (exact) mass is 574 g/mol. The standard InChI is InChI=1S/C34H30N4OS2/c1-3-11-27(12-4-1)33(23-29-15-7-9-17-31(29)37-21-19-35-25-37)40-39-41-34(28-13-5-2-6-14-28)24-30-16-8-10-18-32(30)38-22-20-36-26-38/h1-22,25-26,33-34H,23-24H2. The maximum absolute atomic E-state index is 6.47. The minimum Gasteiger partial charge on any atom is -0.306 e. The van der Waals surface area contributed by atoms with Crippen molar-refractivity contribution in [3.05, 3.63) is 169 Å². The molecule has 0 aliphatic carbocycles. The number of rotatable bonds is 12. The molecule has 0 radical (unpaired) electrons. The Morgan fingerprint density at radius 3 is 1.37 bits per heavy atom. The Morgan fingerprint density at radius 1 is 0.537 bits per heavy atom. The van der Waals surface area contributed by atoms with Gasteiger partial charge in [0, 0.05) is 60.2 Å². The molecule has 6 rings (SSSR count). The second-order valence-electron chi connectivity index (χ2n) is 9.66. The molecule has 204 valence electrons. The molecule has 0 fully saturated rings. The van der Waals surface area contributed by atoms with Gasteiger partial charge in [0.25, 0.3) is 0 Å². The van der Waals surface area contributed by atoms with Crippen molar-refractivity contribution in [1.82, 2.24) is 19.1 Å². The van der Waals surface area contributed by atoms with Crippen molar-refractivity contribution >= 4 is 24.1 Å². The summed E-state index contributed by atoms with van der Waals surface area (Å²) in [6.45, 7) is 0. The molecule has 0 N–H and O–H groups in total. The van der Waals surface area contributed by atoms with E-state index in [0.29, 0.717) is 0 Å². The van der Waals surface area contributed by atoms with Gasteiger partial charge >= 0.3 is 0 Å². The highest BCUT2D eigenvalue weighted by atomic mass is 32.2. The van der Waals surface area contributed by atoms with E-state index in [4.69, 9.17) is 3.63 Å². The summed E-state index contributed by atoms with van der Waals surface area (Å²) in [5.74, 6) is 0. The molecule has 5 nitrogen and oxygen atoms in total. The third kappa shape index (κ3) is 6.82. The van der Waals surface area contributed by atoms with Gasteiger partial charge < -0.3 is 9.13 Å². The Bertz CT molecular complexity index is 1500. The molecule has 2 aromatic heterocycles. The van der Waals surface area contributed by atoms with Crippen LogP contribution in [0.5, 0.6) is 0 Å². The Hall–Kier alpha value is -4.04. The van der Waals surface area contributed by atoms with Crippen LogP contribution in [0.1, 0.15) is 32.8 Å². The first-order valence-corrected chi connectivity index (χ1v) is 15.2. The summed E-state index contributed by atoms with van der Waals surface area (Å²) in [5.41, 5.74) is 7.24. The maximum Gasteiger partial charge on any atom is 0.0991 e. The molecule has 0 amide bonds. The highest BCUT2D eigenvalue weighted by molar-refractivity contribution is 8.08. The number of aromatic nitrogens is 4. The Labute approximate surface area is 249 Å². The van der Waals surface area contributed by atoms with Crippen molar-refractivity contribution in [3.63, 3.8) is 0 Å². The molecule has 41 heavy (non-hydrogen) atoms. The molecule has 0 saturated carbocycles. The van der Waals surface area contributed by atoms with Gasteiger partial charge in [0.05, 0.1) is 23.2 Å².